The summed E-state index contributed by atoms with van der Waals surface area (Å²) in [5.74, 6) is -0.362. The number of carbonyl (C=O) groups excluding carboxylic acids is 3. The van der Waals surface area contributed by atoms with Gasteiger partial charge in [0.1, 0.15) is 12.1 Å². The van der Waals surface area contributed by atoms with Crippen molar-refractivity contribution in [2.75, 3.05) is 32.6 Å². The number of anilines is 1. The molecular formula is C19H26N4O3. The topological polar surface area (TPSA) is 73.0 Å². The molecule has 1 heterocycles. The summed E-state index contributed by atoms with van der Waals surface area (Å²) in [7, 11) is 5.62. The number of nitrogens with one attached hydrogen (secondary N) is 1. The van der Waals surface area contributed by atoms with Gasteiger partial charge in [0.05, 0.1) is 0 Å². The fourth-order valence-corrected chi connectivity index (χ4v) is 3.31. The first kappa shape index (κ1) is 18.2. The number of hydrogen-bond acceptors (Lipinski definition) is 4. The standard InChI is InChI=1S/C19H26N4O3/c1-19(14-7-8-14)17(25)23(18(26)20-19)12-16(24)22(4)11-13-5-9-15(10-6-13)21(2)3/h5-6,9-10,14H,7-8,11-12H2,1-4H3,(H,20,26)/t19-/m1/s1. The minimum Gasteiger partial charge on any atom is -0.378 e. The van der Waals surface area contributed by atoms with Crippen LogP contribution in [0.1, 0.15) is 25.3 Å². The van der Waals surface area contributed by atoms with Crippen molar-refractivity contribution in [2.45, 2.75) is 31.8 Å². The average molecular weight is 358 g/mol. The van der Waals surface area contributed by atoms with Crippen LogP contribution in [0.5, 0.6) is 0 Å². The minimum absolute atomic E-state index is 0.187. The number of amides is 4. The van der Waals surface area contributed by atoms with Gasteiger partial charge in [0.25, 0.3) is 5.91 Å². The van der Waals surface area contributed by atoms with Crippen LogP contribution in [-0.2, 0) is 16.1 Å². The molecule has 1 atom stereocenters. The average Bonchev–Trinajstić information content (AvgIpc) is 3.41. The molecule has 0 spiro atoms. The number of likely N-dealkylation sites (N-methyl/N-ethyl adjacent to an activating group) is 1. The van der Waals surface area contributed by atoms with Gasteiger partial charge in [-0.05, 0) is 43.4 Å². The first-order valence-corrected chi connectivity index (χ1v) is 8.86. The zero-order valence-electron chi connectivity index (χ0n) is 15.8. The monoisotopic (exact) mass is 358 g/mol. The summed E-state index contributed by atoms with van der Waals surface area (Å²) >= 11 is 0. The quantitative estimate of drug-likeness (QED) is 0.781. The van der Waals surface area contributed by atoms with E-state index in [4.69, 9.17) is 0 Å². The first-order chi connectivity index (χ1) is 12.2. The van der Waals surface area contributed by atoms with E-state index in [1.165, 1.54) is 4.90 Å². The molecule has 2 fully saturated rings. The predicted molar refractivity (Wildman–Crippen MR) is 98.6 cm³/mol. The van der Waals surface area contributed by atoms with E-state index in [2.05, 4.69) is 5.32 Å². The molecule has 1 saturated carbocycles. The van der Waals surface area contributed by atoms with Crippen molar-refractivity contribution < 1.29 is 14.4 Å². The molecule has 0 unspecified atom stereocenters. The van der Waals surface area contributed by atoms with Crippen LogP contribution in [-0.4, -0.2) is 60.9 Å². The second kappa shape index (κ2) is 6.63. The fourth-order valence-electron chi connectivity index (χ4n) is 3.31. The Morgan fingerprint density at radius 2 is 1.81 bits per heavy atom. The summed E-state index contributed by atoms with van der Waals surface area (Å²) in [6, 6.07) is 7.45. The predicted octanol–water partition coefficient (Wildman–Crippen LogP) is 1.43. The minimum atomic E-state index is -0.849. The van der Waals surface area contributed by atoms with Crippen molar-refractivity contribution in [1.29, 1.82) is 0 Å². The Bertz CT molecular complexity index is 727. The van der Waals surface area contributed by atoms with Crippen LogP contribution in [0.4, 0.5) is 10.5 Å². The summed E-state index contributed by atoms with van der Waals surface area (Å²) in [4.78, 5) is 41.9. The largest absolute Gasteiger partial charge is 0.378 e. The molecule has 1 aliphatic carbocycles. The number of carbonyl (C=O) groups is 3. The van der Waals surface area contributed by atoms with Crippen molar-refractivity contribution in [2.24, 2.45) is 5.92 Å². The van der Waals surface area contributed by atoms with E-state index in [9.17, 15) is 14.4 Å². The molecule has 140 valence electrons. The van der Waals surface area contributed by atoms with Gasteiger partial charge in [-0.1, -0.05) is 12.1 Å². The van der Waals surface area contributed by atoms with Gasteiger partial charge in [-0.25, -0.2) is 4.79 Å². The van der Waals surface area contributed by atoms with Gasteiger partial charge in [0, 0.05) is 33.4 Å². The number of imide groups is 1. The van der Waals surface area contributed by atoms with Crippen molar-refractivity contribution in [3.8, 4) is 0 Å². The van der Waals surface area contributed by atoms with Crippen LogP contribution in [0, 0.1) is 5.92 Å². The van der Waals surface area contributed by atoms with Crippen molar-refractivity contribution >= 4 is 23.5 Å². The molecular weight excluding hydrogens is 332 g/mol. The molecule has 7 heteroatoms. The number of benzene rings is 1. The lowest BCUT2D eigenvalue weighted by Gasteiger charge is -2.23. The van der Waals surface area contributed by atoms with E-state index in [1.807, 2.05) is 43.3 Å². The highest BCUT2D eigenvalue weighted by Crippen LogP contribution is 2.42. The normalized spacial score (nSPS) is 22.4. The van der Waals surface area contributed by atoms with Gasteiger partial charge in [-0.3, -0.25) is 14.5 Å². The fraction of sp³-hybridized carbons (Fsp3) is 0.526. The molecule has 0 aromatic heterocycles. The molecule has 4 amide bonds. The van der Waals surface area contributed by atoms with E-state index < -0.39 is 11.6 Å². The lowest BCUT2D eigenvalue weighted by Crippen LogP contribution is -2.47. The summed E-state index contributed by atoms with van der Waals surface area (Å²) in [5.41, 5.74) is 1.23. The van der Waals surface area contributed by atoms with Gasteiger partial charge in [0.15, 0.2) is 0 Å². The van der Waals surface area contributed by atoms with E-state index in [-0.39, 0.29) is 24.3 Å². The summed E-state index contributed by atoms with van der Waals surface area (Å²) in [6.45, 7) is 1.96. The SMILES string of the molecule is CN(Cc1ccc(N(C)C)cc1)C(=O)CN1C(=O)N[C@](C)(C2CC2)C1=O. The van der Waals surface area contributed by atoms with Crippen LogP contribution < -0.4 is 10.2 Å². The second-order valence-electron chi connectivity index (χ2n) is 7.61. The zero-order valence-corrected chi connectivity index (χ0v) is 15.8. The van der Waals surface area contributed by atoms with Crippen molar-refractivity contribution in [3.63, 3.8) is 0 Å². The summed E-state index contributed by atoms with van der Waals surface area (Å²) in [5, 5.41) is 2.76. The molecule has 7 nitrogen and oxygen atoms in total. The van der Waals surface area contributed by atoms with Crippen LogP contribution in [0.2, 0.25) is 0 Å². The molecule has 1 aliphatic heterocycles. The van der Waals surface area contributed by atoms with E-state index in [0.29, 0.717) is 6.54 Å². The van der Waals surface area contributed by atoms with E-state index in [1.54, 1.807) is 14.0 Å². The van der Waals surface area contributed by atoms with E-state index >= 15 is 0 Å². The van der Waals surface area contributed by atoms with Crippen LogP contribution in [0.3, 0.4) is 0 Å². The Morgan fingerprint density at radius 1 is 1.19 bits per heavy atom. The second-order valence-corrected chi connectivity index (χ2v) is 7.61. The Hall–Kier alpha value is -2.57. The van der Waals surface area contributed by atoms with Crippen LogP contribution in [0.25, 0.3) is 0 Å². The van der Waals surface area contributed by atoms with Gasteiger partial charge >= 0.3 is 6.03 Å². The highest BCUT2D eigenvalue weighted by molar-refractivity contribution is 6.09. The Labute approximate surface area is 153 Å². The van der Waals surface area contributed by atoms with Gasteiger partial charge in [0.2, 0.25) is 5.91 Å². The number of urea groups is 1. The van der Waals surface area contributed by atoms with Crippen molar-refractivity contribution in [1.82, 2.24) is 15.1 Å². The molecule has 2 aliphatic rings. The molecule has 1 aromatic carbocycles. The van der Waals surface area contributed by atoms with Gasteiger partial charge in [-0.15, -0.1) is 0 Å². The number of rotatable bonds is 6. The van der Waals surface area contributed by atoms with Crippen LogP contribution in [0.15, 0.2) is 24.3 Å². The molecule has 1 saturated heterocycles. The van der Waals surface area contributed by atoms with Crippen LogP contribution >= 0.6 is 0 Å². The Balaban J connectivity index is 1.60. The third kappa shape index (κ3) is 3.38. The zero-order chi connectivity index (χ0) is 19.1. The maximum Gasteiger partial charge on any atom is 0.325 e. The Morgan fingerprint density at radius 3 is 2.35 bits per heavy atom. The summed E-state index contributed by atoms with van der Waals surface area (Å²) < 4.78 is 0. The highest BCUT2D eigenvalue weighted by atomic mass is 16.2. The van der Waals surface area contributed by atoms with Gasteiger partial charge < -0.3 is 15.1 Å². The smallest absolute Gasteiger partial charge is 0.325 e. The maximum absolute atomic E-state index is 12.6. The number of nitrogens with zero attached hydrogens (tertiary/aromatic N) is 3. The molecule has 1 N–H and O–H groups in total. The molecule has 0 bridgehead atoms. The molecule has 3 rings (SSSR count). The number of hydrogen-bond donors (Lipinski definition) is 1. The lowest BCUT2D eigenvalue weighted by molar-refractivity contribution is -0.138. The molecule has 1 aromatic rings. The first-order valence-electron chi connectivity index (χ1n) is 8.86. The van der Waals surface area contributed by atoms with Gasteiger partial charge in [-0.2, -0.15) is 0 Å². The maximum atomic E-state index is 12.6. The Kier molecular flexibility index (Phi) is 4.64. The third-order valence-electron chi connectivity index (χ3n) is 5.29. The van der Waals surface area contributed by atoms with Crippen molar-refractivity contribution in [3.05, 3.63) is 29.8 Å². The summed E-state index contributed by atoms with van der Waals surface area (Å²) in [6.07, 6.45) is 1.88. The lowest BCUT2D eigenvalue weighted by atomic mass is 9.96. The molecule has 0 radical (unpaired) electrons. The molecule has 26 heavy (non-hydrogen) atoms. The van der Waals surface area contributed by atoms with E-state index in [0.717, 1.165) is 29.0 Å². The highest BCUT2D eigenvalue weighted by Gasteiger charge is 2.56. The third-order valence-corrected chi connectivity index (χ3v) is 5.29.